The summed E-state index contributed by atoms with van der Waals surface area (Å²) in [5.41, 5.74) is 1.58. The first kappa shape index (κ1) is 14.0. The molecule has 0 unspecified atom stereocenters. The van der Waals surface area contributed by atoms with Crippen molar-refractivity contribution in [3.63, 3.8) is 0 Å². The number of hydrogen-bond donors (Lipinski definition) is 3. The third-order valence-electron chi connectivity index (χ3n) is 2.89. The second-order valence-electron chi connectivity index (χ2n) is 4.34. The number of carbonyl (C=O) groups excluding carboxylic acids is 1. The van der Waals surface area contributed by atoms with Crippen LogP contribution >= 0.6 is 0 Å². The summed E-state index contributed by atoms with van der Waals surface area (Å²) < 4.78 is 0. The average molecular weight is 273 g/mol. The van der Waals surface area contributed by atoms with Crippen LogP contribution in [0.3, 0.4) is 0 Å². The highest BCUT2D eigenvalue weighted by Gasteiger charge is 2.13. The van der Waals surface area contributed by atoms with Crippen LogP contribution in [0.1, 0.15) is 27.7 Å². The smallest absolute Gasteiger partial charge is 0.254 e. The van der Waals surface area contributed by atoms with Crippen LogP contribution in [0.15, 0.2) is 36.8 Å². The molecule has 20 heavy (non-hydrogen) atoms. The van der Waals surface area contributed by atoms with Crippen molar-refractivity contribution >= 4 is 5.91 Å². The lowest BCUT2D eigenvalue weighted by Gasteiger charge is -2.12. The van der Waals surface area contributed by atoms with Crippen molar-refractivity contribution < 1.29 is 15.0 Å². The van der Waals surface area contributed by atoms with E-state index in [0.717, 1.165) is 0 Å². The SMILES string of the molecule is Cc1ncncc1C(=O)NC[C@@H](O)c1ccc(O)cc1. The van der Waals surface area contributed by atoms with Crippen LogP contribution in [-0.2, 0) is 0 Å². The van der Waals surface area contributed by atoms with Gasteiger partial charge in [0, 0.05) is 12.7 Å². The van der Waals surface area contributed by atoms with E-state index in [1.807, 2.05) is 0 Å². The molecule has 1 amide bonds. The molecule has 0 aliphatic heterocycles. The minimum absolute atomic E-state index is 0.0674. The minimum atomic E-state index is -0.843. The molecule has 3 N–H and O–H groups in total. The van der Waals surface area contributed by atoms with E-state index in [1.165, 1.54) is 24.7 Å². The Hall–Kier alpha value is -2.47. The van der Waals surface area contributed by atoms with Crippen molar-refractivity contribution in [3.8, 4) is 5.75 Å². The summed E-state index contributed by atoms with van der Waals surface area (Å²) >= 11 is 0. The van der Waals surface area contributed by atoms with Gasteiger partial charge in [-0.05, 0) is 24.6 Å². The van der Waals surface area contributed by atoms with Crippen LogP contribution in [0.5, 0.6) is 5.75 Å². The summed E-state index contributed by atoms with van der Waals surface area (Å²) in [5, 5.41) is 21.7. The summed E-state index contributed by atoms with van der Waals surface area (Å²) in [4.78, 5) is 19.6. The number of nitrogens with one attached hydrogen (secondary N) is 1. The number of amides is 1. The first-order chi connectivity index (χ1) is 9.58. The van der Waals surface area contributed by atoms with Gasteiger partial charge in [0.15, 0.2) is 0 Å². The molecule has 104 valence electrons. The van der Waals surface area contributed by atoms with Crippen LogP contribution in [0.25, 0.3) is 0 Å². The largest absolute Gasteiger partial charge is 0.508 e. The highest BCUT2D eigenvalue weighted by molar-refractivity contribution is 5.94. The summed E-state index contributed by atoms with van der Waals surface area (Å²) in [6.07, 6.45) is 1.96. The third kappa shape index (κ3) is 3.30. The van der Waals surface area contributed by atoms with Crippen LogP contribution in [0.4, 0.5) is 0 Å². The molecular weight excluding hydrogens is 258 g/mol. The molecule has 1 aromatic heterocycles. The van der Waals surface area contributed by atoms with Crippen molar-refractivity contribution in [1.29, 1.82) is 0 Å². The Morgan fingerprint density at radius 1 is 1.35 bits per heavy atom. The van der Waals surface area contributed by atoms with Gasteiger partial charge < -0.3 is 15.5 Å². The Bertz CT molecular complexity index is 599. The molecule has 0 saturated heterocycles. The molecule has 1 aromatic carbocycles. The number of carbonyl (C=O) groups is 1. The van der Waals surface area contributed by atoms with Crippen molar-refractivity contribution in [2.24, 2.45) is 0 Å². The number of aryl methyl sites for hydroxylation is 1. The van der Waals surface area contributed by atoms with Gasteiger partial charge in [-0.15, -0.1) is 0 Å². The zero-order valence-corrected chi connectivity index (χ0v) is 10.9. The molecule has 6 heteroatoms. The average Bonchev–Trinajstić information content (AvgIpc) is 2.45. The zero-order chi connectivity index (χ0) is 14.5. The maximum absolute atomic E-state index is 11.9. The lowest BCUT2D eigenvalue weighted by Crippen LogP contribution is -2.29. The Morgan fingerprint density at radius 3 is 2.70 bits per heavy atom. The first-order valence-electron chi connectivity index (χ1n) is 6.09. The first-order valence-corrected chi connectivity index (χ1v) is 6.09. The van der Waals surface area contributed by atoms with Gasteiger partial charge in [0.2, 0.25) is 0 Å². The molecule has 1 atom stereocenters. The summed E-state index contributed by atoms with van der Waals surface area (Å²) in [5.74, 6) is -0.206. The fourth-order valence-corrected chi connectivity index (χ4v) is 1.71. The molecule has 2 aromatic rings. The molecular formula is C14H15N3O3. The monoisotopic (exact) mass is 273 g/mol. The predicted octanol–water partition coefficient (Wildman–Crippen LogP) is 0.954. The highest BCUT2D eigenvalue weighted by Crippen LogP contribution is 2.16. The topological polar surface area (TPSA) is 95.3 Å². The van der Waals surface area contributed by atoms with E-state index in [4.69, 9.17) is 0 Å². The van der Waals surface area contributed by atoms with E-state index < -0.39 is 6.10 Å². The maximum atomic E-state index is 11.9. The summed E-state index contributed by atoms with van der Waals surface area (Å²) in [7, 11) is 0. The summed E-state index contributed by atoms with van der Waals surface area (Å²) in [6, 6.07) is 6.16. The number of rotatable bonds is 4. The lowest BCUT2D eigenvalue weighted by molar-refractivity contribution is 0.0915. The number of aromatic nitrogens is 2. The molecule has 1 heterocycles. The fourth-order valence-electron chi connectivity index (χ4n) is 1.71. The number of benzene rings is 1. The Labute approximate surface area is 116 Å². The van der Waals surface area contributed by atoms with Crippen molar-refractivity contribution in [1.82, 2.24) is 15.3 Å². The van der Waals surface area contributed by atoms with Gasteiger partial charge in [0.1, 0.15) is 12.1 Å². The van der Waals surface area contributed by atoms with E-state index in [0.29, 0.717) is 16.8 Å². The van der Waals surface area contributed by atoms with Gasteiger partial charge in [0.05, 0.1) is 17.4 Å². The quantitative estimate of drug-likeness (QED) is 0.771. The lowest BCUT2D eigenvalue weighted by atomic mass is 10.1. The Balaban J connectivity index is 1.97. The Kier molecular flexibility index (Phi) is 4.27. The molecule has 6 nitrogen and oxygen atoms in total. The molecule has 0 spiro atoms. The van der Waals surface area contributed by atoms with Crippen LogP contribution in [-0.4, -0.2) is 32.6 Å². The number of aliphatic hydroxyl groups excluding tert-OH is 1. The normalized spacial score (nSPS) is 11.9. The highest BCUT2D eigenvalue weighted by atomic mass is 16.3. The van der Waals surface area contributed by atoms with E-state index in [1.54, 1.807) is 19.1 Å². The molecule has 0 bridgehead atoms. The van der Waals surface area contributed by atoms with Gasteiger partial charge in [0.25, 0.3) is 5.91 Å². The Morgan fingerprint density at radius 2 is 2.05 bits per heavy atom. The molecule has 0 aliphatic carbocycles. The molecule has 0 aliphatic rings. The fraction of sp³-hybridized carbons (Fsp3) is 0.214. The summed E-state index contributed by atoms with van der Waals surface area (Å²) in [6.45, 7) is 1.78. The second kappa shape index (κ2) is 6.12. The van der Waals surface area contributed by atoms with Gasteiger partial charge in [-0.1, -0.05) is 12.1 Å². The molecule has 0 radical (unpaired) electrons. The number of phenolic OH excluding ortho intramolecular Hbond substituents is 1. The zero-order valence-electron chi connectivity index (χ0n) is 10.9. The predicted molar refractivity (Wildman–Crippen MR) is 72.2 cm³/mol. The molecule has 2 rings (SSSR count). The molecule has 0 fully saturated rings. The van der Waals surface area contributed by atoms with Crippen LogP contribution in [0.2, 0.25) is 0 Å². The van der Waals surface area contributed by atoms with Gasteiger partial charge in [-0.3, -0.25) is 4.79 Å². The third-order valence-corrected chi connectivity index (χ3v) is 2.89. The standard InChI is InChI=1S/C14H15N3O3/c1-9-12(6-15-8-17-9)14(20)16-7-13(19)10-2-4-11(18)5-3-10/h2-6,8,13,18-19H,7H2,1H3,(H,16,20)/t13-/m1/s1. The van der Waals surface area contributed by atoms with Crippen LogP contribution in [0, 0.1) is 6.92 Å². The minimum Gasteiger partial charge on any atom is -0.508 e. The number of hydrogen-bond acceptors (Lipinski definition) is 5. The second-order valence-corrected chi connectivity index (χ2v) is 4.34. The van der Waals surface area contributed by atoms with Gasteiger partial charge in [-0.2, -0.15) is 0 Å². The van der Waals surface area contributed by atoms with E-state index in [-0.39, 0.29) is 18.2 Å². The van der Waals surface area contributed by atoms with Crippen molar-refractivity contribution in [2.75, 3.05) is 6.54 Å². The van der Waals surface area contributed by atoms with Crippen LogP contribution < -0.4 is 5.32 Å². The van der Waals surface area contributed by atoms with E-state index >= 15 is 0 Å². The number of aromatic hydroxyl groups is 1. The van der Waals surface area contributed by atoms with E-state index in [9.17, 15) is 15.0 Å². The maximum Gasteiger partial charge on any atom is 0.254 e. The number of phenols is 1. The van der Waals surface area contributed by atoms with Crippen molar-refractivity contribution in [3.05, 3.63) is 53.6 Å². The number of nitrogens with zero attached hydrogens (tertiary/aromatic N) is 2. The number of aliphatic hydroxyl groups is 1. The van der Waals surface area contributed by atoms with Crippen molar-refractivity contribution in [2.45, 2.75) is 13.0 Å². The van der Waals surface area contributed by atoms with E-state index in [2.05, 4.69) is 15.3 Å². The van der Waals surface area contributed by atoms with Gasteiger partial charge >= 0.3 is 0 Å². The van der Waals surface area contributed by atoms with Gasteiger partial charge in [-0.25, -0.2) is 9.97 Å². The molecule has 0 saturated carbocycles.